The molecule has 1 aromatic rings. The first-order valence-electron chi connectivity index (χ1n) is 4.75. The molecular weight excluding hydrogens is 230 g/mol. The van der Waals surface area contributed by atoms with E-state index in [0.717, 1.165) is 5.69 Å². The van der Waals surface area contributed by atoms with E-state index in [2.05, 4.69) is 4.98 Å². The van der Waals surface area contributed by atoms with Gasteiger partial charge in [-0.1, -0.05) is 25.4 Å². The molecule has 0 bridgehead atoms. The van der Waals surface area contributed by atoms with Crippen LogP contribution in [0, 0.1) is 5.92 Å². The van der Waals surface area contributed by atoms with Gasteiger partial charge in [0.2, 0.25) is 0 Å². The van der Waals surface area contributed by atoms with Gasteiger partial charge in [0, 0.05) is 17.3 Å². The van der Waals surface area contributed by atoms with E-state index in [1.807, 2.05) is 13.8 Å². The van der Waals surface area contributed by atoms with Gasteiger partial charge >= 0.3 is 0 Å². The second-order valence-electron chi connectivity index (χ2n) is 3.64. The highest BCUT2D eigenvalue weighted by molar-refractivity contribution is 7.94. The third-order valence-corrected chi connectivity index (χ3v) is 3.30. The lowest BCUT2D eigenvalue weighted by Crippen LogP contribution is -2.08. The quantitative estimate of drug-likeness (QED) is 0.762. The molecule has 0 amide bonds. The van der Waals surface area contributed by atoms with Crippen molar-refractivity contribution >= 4 is 28.9 Å². The molecule has 1 atom stereocenters. The summed E-state index contributed by atoms with van der Waals surface area (Å²) in [6.07, 6.45) is 3.37. The zero-order chi connectivity index (χ0) is 11.3. The zero-order valence-corrected chi connectivity index (χ0v) is 10.4. The van der Waals surface area contributed by atoms with Gasteiger partial charge in [-0.05, 0) is 29.2 Å². The third-order valence-electron chi connectivity index (χ3n) is 1.63. The lowest BCUT2D eigenvalue weighted by atomic mass is 10.3. The minimum absolute atomic E-state index is 0.433. The van der Waals surface area contributed by atoms with Crippen LogP contribution in [0.25, 0.3) is 6.08 Å². The van der Waals surface area contributed by atoms with Crippen LogP contribution < -0.4 is 0 Å². The minimum atomic E-state index is -0.921. The molecular formula is C11H14ClNOS. The highest BCUT2D eigenvalue weighted by Crippen LogP contribution is 2.10. The Kier molecular flexibility index (Phi) is 5.15. The summed E-state index contributed by atoms with van der Waals surface area (Å²) in [7, 11) is 0. The van der Waals surface area contributed by atoms with E-state index in [0.29, 0.717) is 16.7 Å². The molecule has 2 nitrogen and oxygen atoms in total. The van der Waals surface area contributed by atoms with Gasteiger partial charge in [-0.2, -0.15) is 0 Å². The van der Waals surface area contributed by atoms with Crippen LogP contribution in [-0.4, -0.2) is 15.3 Å². The zero-order valence-electron chi connectivity index (χ0n) is 8.81. The largest absolute Gasteiger partial charge is 0.612 e. The first kappa shape index (κ1) is 12.6. The molecule has 0 N–H and O–H groups in total. The molecule has 0 radical (unpaired) electrons. The first-order chi connectivity index (χ1) is 7.08. The van der Waals surface area contributed by atoms with Gasteiger partial charge in [-0.25, -0.2) is 0 Å². The van der Waals surface area contributed by atoms with E-state index >= 15 is 0 Å². The molecule has 0 aromatic carbocycles. The van der Waals surface area contributed by atoms with Gasteiger partial charge in [0.1, 0.15) is 11.2 Å². The summed E-state index contributed by atoms with van der Waals surface area (Å²) >= 11 is 4.87. The van der Waals surface area contributed by atoms with Crippen molar-refractivity contribution in [2.45, 2.75) is 13.8 Å². The molecule has 1 rings (SSSR count). The second-order valence-corrected chi connectivity index (χ2v) is 5.45. The third kappa shape index (κ3) is 5.21. The fourth-order valence-electron chi connectivity index (χ4n) is 1.04. The molecule has 0 aliphatic rings. The van der Waals surface area contributed by atoms with Crippen molar-refractivity contribution < 1.29 is 4.55 Å². The first-order valence-corrected chi connectivity index (χ1v) is 6.51. The molecule has 82 valence electrons. The van der Waals surface area contributed by atoms with Gasteiger partial charge in [-0.3, -0.25) is 4.98 Å². The highest BCUT2D eigenvalue weighted by atomic mass is 35.5. The maximum absolute atomic E-state index is 11.5. The Bertz CT molecular complexity index is 341. The summed E-state index contributed by atoms with van der Waals surface area (Å²) in [6, 6.07) is 3.45. The van der Waals surface area contributed by atoms with Crippen LogP contribution in [0.1, 0.15) is 19.5 Å². The van der Waals surface area contributed by atoms with Crippen molar-refractivity contribution in [2.24, 2.45) is 5.92 Å². The van der Waals surface area contributed by atoms with Gasteiger partial charge < -0.3 is 4.55 Å². The summed E-state index contributed by atoms with van der Waals surface area (Å²) in [5, 5.41) is 2.30. The SMILES string of the molecule is CC(C)C[S+]([O-])C=Cc1cc(Cl)ccn1. The Balaban J connectivity index is 2.57. The van der Waals surface area contributed by atoms with Crippen molar-refractivity contribution in [1.82, 2.24) is 4.98 Å². The van der Waals surface area contributed by atoms with Crippen LogP contribution in [-0.2, 0) is 11.2 Å². The average Bonchev–Trinajstić information content (AvgIpc) is 2.14. The van der Waals surface area contributed by atoms with E-state index in [9.17, 15) is 4.55 Å². The second kappa shape index (κ2) is 6.16. The molecule has 0 spiro atoms. The molecule has 0 saturated carbocycles. The van der Waals surface area contributed by atoms with E-state index in [1.165, 1.54) is 0 Å². The van der Waals surface area contributed by atoms with E-state index < -0.39 is 11.2 Å². The molecule has 0 aliphatic carbocycles. The van der Waals surface area contributed by atoms with Crippen molar-refractivity contribution in [3.8, 4) is 0 Å². The summed E-state index contributed by atoms with van der Waals surface area (Å²) in [6.45, 7) is 4.09. The number of aromatic nitrogens is 1. The van der Waals surface area contributed by atoms with Crippen LogP contribution in [0.3, 0.4) is 0 Å². The fraction of sp³-hybridized carbons (Fsp3) is 0.364. The lowest BCUT2D eigenvalue weighted by Gasteiger charge is -2.07. The summed E-state index contributed by atoms with van der Waals surface area (Å²) in [5.41, 5.74) is 0.736. The summed E-state index contributed by atoms with van der Waals surface area (Å²) in [4.78, 5) is 4.08. The van der Waals surface area contributed by atoms with Crippen molar-refractivity contribution in [1.29, 1.82) is 0 Å². The van der Waals surface area contributed by atoms with E-state index in [4.69, 9.17) is 11.6 Å². The smallest absolute Gasteiger partial charge is 0.119 e. The maximum Gasteiger partial charge on any atom is 0.119 e. The standard InChI is InChI=1S/C11H14ClNOS/c1-9(2)8-15(14)6-4-11-7-10(12)3-5-13-11/h3-7,9H,8H2,1-2H3. The highest BCUT2D eigenvalue weighted by Gasteiger charge is 2.04. The fourth-order valence-corrected chi connectivity index (χ4v) is 2.27. The number of halogens is 1. The Morgan fingerprint density at radius 3 is 2.93 bits per heavy atom. The Labute approximate surface area is 98.5 Å². The number of hydrogen-bond acceptors (Lipinski definition) is 2. The molecule has 1 aromatic heterocycles. The molecule has 0 aliphatic heterocycles. The van der Waals surface area contributed by atoms with Crippen molar-refractivity contribution in [3.05, 3.63) is 34.5 Å². The molecule has 0 fully saturated rings. The molecule has 1 unspecified atom stereocenters. The summed E-state index contributed by atoms with van der Waals surface area (Å²) < 4.78 is 11.5. The Morgan fingerprint density at radius 2 is 2.33 bits per heavy atom. The summed E-state index contributed by atoms with van der Waals surface area (Å²) in [5.74, 6) is 1.11. The van der Waals surface area contributed by atoms with Crippen LogP contribution in [0.4, 0.5) is 0 Å². The van der Waals surface area contributed by atoms with Gasteiger partial charge in [-0.15, -0.1) is 0 Å². The van der Waals surface area contributed by atoms with Gasteiger partial charge in [0.25, 0.3) is 0 Å². The average molecular weight is 244 g/mol. The van der Waals surface area contributed by atoms with Gasteiger partial charge in [0.15, 0.2) is 0 Å². The number of rotatable bonds is 4. The van der Waals surface area contributed by atoms with Gasteiger partial charge in [0.05, 0.1) is 5.69 Å². The normalized spacial score (nSPS) is 13.7. The minimum Gasteiger partial charge on any atom is -0.612 e. The Morgan fingerprint density at radius 1 is 1.60 bits per heavy atom. The monoisotopic (exact) mass is 243 g/mol. The predicted octanol–water partition coefficient (Wildman–Crippen LogP) is 3.11. The van der Waals surface area contributed by atoms with Crippen LogP contribution in [0.2, 0.25) is 5.02 Å². The molecule has 4 heteroatoms. The predicted molar refractivity (Wildman–Crippen MR) is 66.1 cm³/mol. The Hall–Kier alpha value is -0.510. The molecule has 0 saturated heterocycles. The van der Waals surface area contributed by atoms with Crippen LogP contribution in [0.5, 0.6) is 0 Å². The number of nitrogens with zero attached hydrogens (tertiary/aromatic N) is 1. The van der Waals surface area contributed by atoms with Crippen LogP contribution >= 0.6 is 11.6 Å². The molecule has 15 heavy (non-hydrogen) atoms. The lowest BCUT2D eigenvalue weighted by molar-refractivity contribution is 0.590. The molecule has 1 heterocycles. The number of pyridine rings is 1. The maximum atomic E-state index is 11.5. The van der Waals surface area contributed by atoms with E-state index in [-0.39, 0.29) is 0 Å². The van der Waals surface area contributed by atoms with Crippen LogP contribution in [0.15, 0.2) is 23.7 Å². The van der Waals surface area contributed by atoms with Crippen molar-refractivity contribution in [2.75, 3.05) is 5.75 Å². The topological polar surface area (TPSA) is 36.0 Å². The van der Waals surface area contributed by atoms with E-state index in [1.54, 1.807) is 29.8 Å². The number of hydrogen-bond donors (Lipinski definition) is 0. The van der Waals surface area contributed by atoms with Crippen molar-refractivity contribution in [3.63, 3.8) is 0 Å².